The topological polar surface area (TPSA) is 26.3 Å². The van der Waals surface area contributed by atoms with Crippen molar-refractivity contribution >= 4 is 5.78 Å². The van der Waals surface area contributed by atoms with Crippen LogP contribution < -0.4 is 0 Å². The number of hydrogen-bond donors (Lipinski definition) is 0. The van der Waals surface area contributed by atoms with Gasteiger partial charge in [-0.2, -0.15) is 0 Å². The Kier molecular flexibility index (Phi) is 3.49. The largest absolute Gasteiger partial charge is 0.381 e. The van der Waals surface area contributed by atoms with Crippen molar-refractivity contribution in [2.75, 3.05) is 7.11 Å². The maximum Gasteiger partial charge on any atom is 0.133 e. The van der Waals surface area contributed by atoms with E-state index in [0.717, 1.165) is 37.0 Å². The first kappa shape index (κ1) is 15.2. The maximum absolute atomic E-state index is 11.9. The smallest absolute Gasteiger partial charge is 0.133 e. The maximum atomic E-state index is 11.9. The van der Waals surface area contributed by atoms with Crippen molar-refractivity contribution in [3.05, 3.63) is 0 Å². The van der Waals surface area contributed by atoms with Gasteiger partial charge >= 0.3 is 0 Å². The number of methoxy groups -OCH3 is 1. The molecule has 124 valence electrons. The number of hydrogen-bond acceptors (Lipinski definition) is 2. The number of rotatable bonds is 1. The highest BCUT2D eigenvalue weighted by Crippen LogP contribution is 2.66. The molecule has 4 saturated carbocycles. The van der Waals surface area contributed by atoms with Crippen molar-refractivity contribution in [3.8, 4) is 0 Å². The quantitative estimate of drug-likeness (QED) is 0.707. The summed E-state index contributed by atoms with van der Waals surface area (Å²) in [4.78, 5) is 11.9. The van der Waals surface area contributed by atoms with Gasteiger partial charge in [0.2, 0.25) is 0 Å². The highest BCUT2D eigenvalue weighted by Gasteiger charge is 2.60. The van der Waals surface area contributed by atoms with Gasteiger partial charge in [0.1, 0.15) is 5.78 Å². The Bertz CT molecular complexity index is 472. The summed E-state index contributed by atoms with van der Waals surface area (Å²) in [6, 6.07) is 0. The predicted molar refractivity (Wildman–Crippen MR) is 87.5 cm³/mol. The van der Waals surface area contributed by atoms with E-state index >= 15 is 0 Å². The molecule has 0 radical (unpaired) electrons. The molecule has 0 saturated heterocycles. The zero-order valence-electron chi connectivity index (χ0n) is 14.6. The molecule has 0 aromatic rings. The van der Waals surface area contributed by atoms with Gasteiger partial charge in [0.15, 0.2) is 0 Å². The van der Waals surface area contributed by atoms with Gasteiger partial charge in [-0.1, -0.05) is 13.8 Å². The molecule has 0 unspecified atom stereocenters. The first-order valence-electron chi connectivity index (χ1n) is 9.53. The number of Topliss-reactive ketones (excluding diaryl/α,β-unsaturated/α-hetero) is 1. The summed E-state index contributed by atoms with van der Waals surface area (Å²) in [6.45, 7) is 5.04. The van der Waals surface area contributed by atoms with Crippen molar-refractivity contribution in [1.82, 2.24) is 0 Å². The molecule has 4 rings (SSSR count). The van der Waals surface area contributed by atoms with E-state index in [9.17, 15) is 4.79 Å². The molecule has 0 aromatic carbocycles. The fraction of sp³-hybridized carbons (Fsp3) is 0.950. The third kappa shape index (κ3) is 1.92. The normalized spacial score (nSPS) is 54.5. The van der Waals surface area contributed by atoms with Crippen LogP contribution in [0.15, 0.2) is 0 Å². The van der Waals surface area contributed by atoms with E-state index in [0.29, 0.717) is 28.6 Å². The molecule has 0 amide bonds. The SMILES string of the molecule is CO[C@@H]1CC[C@@H]2[C@@H]3CC[C@H]4CC(=O)CC[C@]4(C)[C@@H]3CC[C@]21C. The zero-order chi connectivity index (χ0) is 15.5. The van der Waals surface area contributed by atoms with Crippen molar-refractivity contribution in [3.63, 3.8) is 0 Å². The molecule has 0 N–H and O–H groups in total. The lowest BCUT2D eigenvalue weighted by molar-refractivity contribution is -0.143. The Balaban J connectivity index is 1.62. The van der Waals surface area contributed by atoms with Crippen molar-refractivity contribution < 1.29 is 9.53 Å². The number of fused-ring (bicyclic) bond motifs is 5. The summed E-state index contributed by atoms with van der Waals surface area (Å²) in [5.74, 6) is 3.84. The Morgan fingerprint density at radius 3 is 2.50 bits per heavy atom. The summed E-state index contributed by atoms with van der Waals surface area (Å²) in [5, 5.41) is 0. The average Bonchev–Trinajstić information content (AvgIpc) is 2.84. The third-order valence-electron chi connectivity index (χ3n) is 8.68. The molecule has 4 aliphatic carbocycles. The highest BCUT2D eigenvalue weighted by atomic mass is 16.5. The van der Waals surface area contributed by atoms with Crippen LogP contribution >= 0.6 is 0 Å². The van der Waals surface area contributed by atoms with Crippen LogP contribution in [0.2, 0.25) is 0 Å². The lowest BCUT2D eigenvalue weighted by atomic mass is 9.45. The zero-order valence-corrected chi connectivity index (χ0v) is 14.6. The molecular weight excluding hydrogens is 272 g/mol. The van der Waals surface area contributed by atoms with E-state index in [-0.39, 0.29) is 0 Å². The first-order valence-corrected chi connectivity index (χ1v) is 9.53. The number of carbonyl (C=O) groups excluding carboxylic acids is 1. The van der Waals surface area contributed by atoms with E-state index in [4.69, 9.17) is 4.74 Å². The molecule has 2 heteroatoms. The molecule has 0 spiro atoms. The Morgan fingerprint density at radius 1 is 0.955 bits per heavy atom. The lowest BCUT2D eigenvalue weighted by Crippen LogP contribution is -2.54. The van der Waals surface area contributed by atoms with Crippen LogP contribution in [0.25, 0.3) is 0 Å². The molecular formula is C20H32O2. The van der Waals surface area contributed by atoms with Crippen molar-refractivity contribution in [1.29, 1.82) is 0 Å². The van der Waals surface area contributed by atoms with Gasteiger partial charge in [-0.15, -0.1) is 0 Å². The second kappa shape index (κ2) is 5.06. The fourth-order valence-electron chi connectivity index (χ4n) is 7.38. The molecule has 0 aromatic heterocycles. The number of ether oxygens (including phenoxy) is 1. The summed E-state index contributed by atoms with van der Waals surface area (Å²) in [7, 11) is 1.91. The van der Waals surface area contributed by atoms with Gasteiger partial charge in [0, 0.05) is 20.0 Å². The molecule has 4 fully saturated rings. The fourth-order valence-corrected chi connectivity index (χ4v) is 7.38. The van der Waals surface area contributed by atoms with Crippen molar-refractivity contribution in [2.24, 2.45) is 34.5 Å². The Labute approximate surface area is 135 Å². The van der Waals surface area contributed by atoms with Crippen LogP contribution in [-0.2, 0) is 9.53 Å². The van der Waals surface area contributed by atoms with Crippen LogP contribution in [0.1, 0.15) is 71.6 Å². The van der Waals surface area contributed by atoms with E-state index in [2.05, 4.69) is 13.8 Å². The van der Waals surface area contributed by atoms with Gasteiger partial charge in [-0.3, -0.25) is 4.79 Å². The van der Waals surface area contributed by atoms with Gasteiger partial charge in [0.05, 0.1) is 6.10 Å². The van der Waals surface area contributed by atoms with Gasteiger partial charge in [-0.25, -0.2) is 0 Å². The van der Waals surface area contributed by atoms with Crippen LogP contribution in [-0.4, -0.2) is 19.0 Å². The second-order valence-electron chi connectivity index (χ2n) is 9.25. The molecule has 0 aliphatic heterocycles. The van der Waals surface area contributed by atoms with E-state index in [1.165, 1.54) is 38.5 Å². The molecule has 7 atom stereocenters. The standard InChI is InChI=1S/C20H32O2/c1-19-10-8-14(21)12-13(19)4-5-15-16-6-7-18(22-3)20(16,2)11-9-17(15)19/h13,15-18H,4-12H2,1-3H3/t13-,15-,16+,17+,18+,19-,20+/m0/s1. The lowest BCUT2D eigenvalue weighted by Gasteiger charge is -2.60. The van der Waals surface area contributed by atoms with Crippen molar-refractivity contribution in [2.45, 2.75) is 77.7 Å². The minimum atomic E-state index is 0.420. The van der Waals surface area contributed by atoms with Crippen LogP contribution in [0.5, 0.6) is 0 Å². The molecule has 22 heavy (non-hydrogen) atoms. The van der Waals surface area contributed by atoms with E-state index < -0.39 is 0 Å². The monoisotopic (exact) mass is 304 g/mol. The Hall–Kier alpha value is -0.370. The number of carbonyl (C=O) groups is 1. The van der Waals surface area contributed by atoms with Crippen LogP contribution in [0, 0.1) is 34.5 Å². The first-order chi connectivity index (χ1) is 10.5. The van der Waals surface area contributed by atoms with Gasteiger partial charge < -0.3 is 4.74 Å². The highest BCUT2D eigenvalue weighted by molar-refractivity contribution is 5.79. The van der Waals surface area contributed by atoms with E-state index in [1.807, 2.05) is 7.11 Å². The minimum absolute atomic E-state index is 0.420. The Morgan fingerprint density at radius 2 is 1.73 bits per heavy atom. The summed E-state index contributed by atoms with van der Waals surface area (Å²) < 4.78 is 5.86. The minimum Gasteiger partial charge on any atom is -0.381 e. The van der Waals surface area contributed by atoms with E-state index in [1.54, 1.807) is 0 Å². The summed E-state index contributed by atoms with van der Waals surface area (Å²) in [6.07, 6.45) is 11.4. The van der Waals surface area contributed by atoms with Gasteiger partial charge in [0.25, 0.3) is 0 Å². The predicted octanol–water partition coefficient (Wildman–Crippen LogP) is 4.61. The molecule has 4 aliphatic rings. The average molecular weight is 304 g/mol. The second-order valence-corrected chi connectivity index (χ2v) is 9.25. The van der Waals surface area contributed by atoms with Crippen LogP contribution in [0.4, 0.5) is 0 Å². The van der Waals surface area contributed by atoms with Crippen LogP contribution in [0.3, 0.4) is 0 Å². The number of ketones is 1. The molecule has 0 heterocycles. The summed E-state index contributed by atoms with van der Waals surface area (Å²) >= 11 is 0. The van der Waals surface area contributed by atoms with Gasteiger partial charge in [-0.05, 0) is 79.4 Å². The molecule has 0 bridgehead atoms. The third-order valence-corrected chi connectivity index (χ3v) is 8.68. The summed E-state index contributed by atoms with van der Waals surface area (Å²) in [5.41, 5.74) is 0.868. The molecule has 2 nitrogen and oxygen atoms in total.